The summed E-state index contributed by atoms with van der Waals surface area (Å²) in [7, 11) is -1.42. The van der Waals surface area contributed by atoms with E-state index in [0.717, 1.165) is 69.9 Å². The van der Waals surface area contributed by atoms with Crippen molar-refractivity contribution in [3.05, 3.63) is 458 Å². The molecule has 16 aromatic rings. The maximum atomic E-state index is 11.8. The van der Waals surface area contributed by atoms with E-state index in [-0.39, 0.29) is 126 Å². The van der Waals surface area contributed by atoms with Crippen LogP contribution in [0.2, 0.25) is 0 Å². The molecule has 0 spiro atoms. The average molecular weight is 1810 g/mol. The molecular weight excluding hydrogens is 1740 g/mol. The van der Waals surface area contributed by atoms with E-state index in [1.54, 1.807) is 219 Å². The first-order chi connectivity index (χ1) is 55.8. The molecule has 0 N–H and O–H groups in total. The second-order valence-electron chi connectivity index (χ2n) is 25.2. The van der Waals surface area contributed by atoms with Gasteiger partial charge in [0.05, 0.1) is 22.8 Å². The Morgan fingerprint density at radius 2 is 0.379 bits per heavy atom. The molecule has 2 radical (unpaired) electrons. The summed E-state index contributed by atoms with van der Waals surface area (Å²) >= 11 is 0. The van der Waals surface area contributed by atoms with Crippen molar-refractivity contribution in [3.63, 3.8) is 0 Å². The van der Waals surface area contributed by atoms with E-state index in [4.69, 9.17) is 0 Å². The molecule has 0 amide bonds. The van der Waals surface area contributed by atoms with Gasteiger partial charge in [0.25, 0.3) is 0 Å². The normalized spacial score (nSPS) is 10.8. The van der Waals surface area contributed by atoms with Gasteiger partial charge >= 0.3 is 79.9 Å². The largest absolute Gasteiger partial charge is 3.00 e. The van der Waals surface area contributed by atoms with Crippen molar-refractivity contribution in [2.45, 2.75) is 0 Å². The van der Waals surface area contributed by atoms with Crippen LogP contribution in [0, 0.1) is 79.9 Å². The van der Waals surface area contributed by atoms with Crippen LogP contribution in [-0.2, 0) is 0 Å². The van der Waals surface area contributed by atoms with Gasteiger partial charge in [-0.15, -0.1) is 0 Å². The van der Waals surface area contributed by atoms with Crippen molar-refractivity contribution in [1.29, 1.82) is 0 Å². The van der Waals surface area contributed by atoms with Crippen molar-refractivity contribution in [3.8, 4) is 45.6 Å². The average Bonchev–Trinajstić information content (AvgIpc) is 1.66. The Labute approximate surface area is 736 Å². The molecule has 0 unspecified atom stereocenters. The van der Waals surface area contributed by atoms with Crippen molar-refractivity contribution >= 4 is 61.3 Å². The number of allylic oxidation sites excluding steroid dienone is 4. The summed E-state index contributed by atoms with van der Waals surface area (Å²) in [6, 6.07) is 101. The van der Waals surface area contributed by atoms with Gasteiger partial charge in [-0.1, -0.05) is 290 Å². The minimum absolute atomic E-state index is 0. The number of rotatable bonds is 20. The van der Waals surface area contributed by atoms with Crippen LogP contribution in [0.25, 0.3) is 68.6 Å². The zero-order valence-electron chi connectivity index (χ0n) is 62.6. The van der Waals surface area contributed by atoms with Gasteiger partial charge in [0, 0.05) is 47.0 Å². The molecule has 24 heteroatoms. The van der Waals surface area contributed by atoms with Gasteiger partial charge in [-0.05, 0) is 144 Å². The minimum atomic E-state index is -0.708. The Balaban J connectivity index is 0.000000160. The number of carbonyl (C=O) groups is 4. The summed E-state index contributed by atoms with van der Waals surface area (Å²) in [6.07, 6.45) is 19.5. The monoisotopic (exact) mass is 1810 g/mol. The third kappa shape index (κ3) is 27.6. The van der Waals surface area contributed by atoms with Crippen molar-refractivity contribution in [1.82, 2.24) is 58.7 Å². The smallest absolute Gasteiger partial charge is 0.872 e. The Hall–Kier alpha value is -13.2. The van der Waals surface area contributed by atoms with Crippen LogP contribution in [0.5, 0.6) is 0 Å². The number of hydrogen-bond donors (Lipinski definition) is 0. The molecule has 8 aromatic carbocycles. The fraction of sp³-hybridized carbons (Fsp3) is 0. The molecule has 20 nitrogen and oxygen atoms in total. The predicted molar refractivity (Wildman–Crippen MR) is 441 cm³/mol. The zero-order valence-corrected chi connectivity index (χ0v) is 67.1. The van der Waals surface area contributed by atoms with E-state index in [1.165, 1.54) is 0 Å². The maximum Gasteiger partial charge on any atom is 3.00 e. The summed E-state index contributed by atoms with van der Waals surface area (Å²) in [5.41, 5.74) is 11.3. The van der Waals surface area contributed by atoms with Crippen LogP contribution in [0.4, 0.5) is 0 Å². The molecule has 0 saturated carbocycles. The van der Waals surface area contributed by atoms with Gasteiger partial charge in [0.2, 0.25) is 0 Å². The third-order valence-corrected chi connectivity index (χ3v) is 16.9. The molecule has 0 aliphatic rings. The first kappa shape index (κ1) is 86.8. The predicted octanol–water partition coefficient (Wildman–Crippen LogP) is 12.3. The molecule has 116 heavy (non-hydrogen) atoms. The molecule has 8 aromatic heterocycles. The Bertz CT molecular complexity index is 5070. The SMILES string of the molecule is O=C(/C=C(\[O-])c1ccccc1)c1ccccc1.O=C(/C=C(\[O-])c1ccccc1)c1ccccc1.O=C(/C=C(\[O-])c1ccccc1)c1ccccc1.O=C(/C=C(\[O-])c1ccccc1)c1ccccc1.[BH2-](n1ccc(-c2ccccn2)n1)n1ccc(-c2ccccn2)n1.[BH2-](n1ccc(-c2ccccn2)n1)n1ccc(-c2ccccn2)n1.[Gd+3].[Gd+3]. The number of aromatic nitrogens is 12. The first-order valence-corrected chi connectivity index (χ1v) is 36.3. The zero-order chi connectivity index (χ0) is 79.3. The molecule has 16 rings (SSSR count). The van der Waals surface area contributed by atoms with Crippen LogP contribution in [0.3, 0.4) is 0 Å². The number of carbonyl (C=O) groups excluding carboxylic acids is 4. The Morgan fingerprint density at radius 1 is 0.216 bits per heavy atom. The summed E-state index contributed by atoms with van der Waals surface area (Å²) in [6.45, 7) is 0. The third-order valence-electron chi connectivity index (χ3n) is 16.9. The standard InChI is InChI=1S/2C16H14BN6.4C15H12O2.2Gd/c2*1-3-9-18-13(5-1)15-7-11-22(20-15)17-23-12-8-16(21-23)14-6-2-4-10-19-14;4*16-14(12-7-3-1-4-8-12)11-15(17)13-9-5-2-6-10-13;;/h2*1-12H,17H2;4*1-11,16H;;/q2*-1;;;;;2*+3/p-4/b;;4*14-11-;;. The minimum Gasteiger partial charge on any atom is -0.872 e. The van der Waals surface area contributed by atoms with E-state index in [2.05, 4.69) is 40.3 Å². The quantitative estimate of drug-likeness (QED) is 0.0297. The second-order valence-corrected chi connectivity index (χ2v) is 25.2. The number of ketones is 4. The maximum absolute atomic E-state index is 11.8. The molecule has 0 bridgehead atoms. The number of benzene rings is 8. The molecule has 8 heterocycles. The topological polar surface area (TPSA) is 283 Å². The van der Waals surface area contributed by atoms with Gasteiger partial charge < -0.3 is 38.8 Å². The van der Waals surface area contributed by atoms with E-state index in [0.29, 0.717) is 44.5 Å². The summed E-state index contributed by atoms with van der Waals surface area (Å²) in [5, 5.41) is 65.4. The van der Waals surface area contributed by atoms with E-state index in [9.17, 15) is 39.6 Å². The van der Waals surface area contributed by atoms with Gasteiger partial charge in [0.15, 0.2) is 38.2 Å². The van der Waals surface area contributed by atoms with Crippen LogP contribution >= 0.6 is 0 Å². The molecule has 0 fully saturated rings. The van der Waals surface area contributed by atoms with Crippen LogP contribution in [-0.4, -0.2) is 96.9 Å². The van der Waals surface area contributed by atoms with Crippen LogP contribution in [0.1, 0.15) is 63.7 Å². The summed E-state index contributed by atoms with van der Waals surface area (Å²) in [4.78, 5) is 64.3. The van der Waals surface area contributed by atoms with Gasteiger partial charge in [0.1, 0.15) is 22.8 Å². The van der Waals surface area contributed by atoms with Gasteiger partial charge in [-0.3, -0.25) is 39.1 Å². The Morgan fingerprint density at radius 3 is 0.543 bits per heavy atom. The summed E-state index contributed by atoms with van der Waals surface area (Å²) in [5.74, 6) is -2.12. The first-order valence-electron chi connectivity index (χ1n) is 36.3. The molecular formula is C92H72B2Gd2N12O8. The van der Waals surface area contributed by atoms with Gasteiger partial charge in [-0.2, -0.15) is 0 Å². The molecule has 0 aliphatic heterocycles. The molecule has 0 saturated heterocycles. The van der Waals surface area contributed by atoms with Crippen LogP contribution < -0.4 is 20.4 Å². The fourth-order valence-electron chi connectivity index (χ4n) is 11.1. The fourth-order valence-corrected chi connectivity index (χ4v) is 11.1. The number of hydrogen-bond acceptors (Lipinski definition) is 16. The van der Waals surface area contributed by atoms with Crippen LogP contribution in [0.15, 0.2) is 414 Å². The van der Waals surface area contributed by atoms with Crippen molar-refractivity contribution < 1.29 is 119 Å². The number of pyridine rings is 4. The van der Waals surface area contributed by atoms with E-state index >= 15 is 0 Å². The van der Waals surface area contributed by atoms with Gasteiger partial charge in [-0.25, -0.2) is 20.4 Å². The second kappa shape index (κ2) is 46.7. The molecule has 570 valence electrons. The van der Waals surface area contributed by atoms with E-state index < -0.39 is 15.1 Å². The molecule has 0 aliphatic carbocycles. The van der Waals surface area contributed by atoms with Crippen molar-refractivity contribution in [2.24, 2.45) is 0 Å². The Kier molecular flexibility index (Phi) is 35.0. The van der Waals surface area contributed by atoms with E-state index in [1.807, 2.05) is 189 Å². The molecule has 0 atom stereocenters. The summed E-state index contributed by atoms with van der Waals surface area (Å²) < 4.78 is 7.83. The number of nitrogens with zero attached hydrogens (tertiary/aromatic N) is 12. The van der Waals surface area contributed by atoms with Crippen molar-refractivity contribution in [2.75, 3.05) is 0 Å².